The van der Waals surface area contributed by atoms with Gasteiger partial charge in [-0.15, -0.1) is 0 Å². The molecule has 6 heteroatoms. The fraction of sp³-hybridized carbons (Fsp3) is 0.176. The Labute approximate surface area is 134 Å². The summed E-state index contributed by atoms with van der Waals surface area (Å²) >= 11 is 0. The summed E-state index contributed by atoms with van der Waals surface area (Å²) in [5.74, 6) is 0.432. The second-order valence-electron chi connectivity index (χ2n) is 4.78. The monoisotopic (exact) mass is 305 g/mol. The summed E-state index contributed by atoms with van der Waals surface area (Å²) in [6, 6.07) is 8.84. The van der Waals surface area contributed by atoms with E-state index in [1.807, 2.05) is 18.0 Å². The minimum Gasteiger partial charge on any atom is -0.395 e. The van der Waals surface area contributed by atoms with Gasteiger partial charge in [-0.1, -0.05) is 12.1 Å². The van der Waals surface area contributed by atoms with E-state index in [0.29, 0.717) is 29.2 Å². The van der Waals surface area contributed by atoms with Gasteiger partial charge in [0.15, 0.2) is 5.70 Å². The number of benzene rings is 1. The molecule has 0 saturated heterocycles. The third-order valence-electron chi connectivity index (χ3n) is 3.23. The van der Waals surface area contributed by atoms with Crippen LogP contribution >= 0.6 is 0 Å². The first-order valence-corrected chi connectivity index (χ1v) is 6.91. The van der Waals surface area contributed by atoms with Crippen LogP contribution in [0.2, 0.25) is 0 Å². The van der Waals surface area contributed by atoms with Crippen LogP contribution in [0.5, 0.6) is 0 Å². The summed E-state index contributed by atoms with van der Waals surface area (Å²) in [5, 5.41) is 17.7. The maximum absolute atomic E-state index is 8.92. The first-order valence-electron chi connectivity index (χ1n) is 6.91. The molecule has 1 aromatic heterocycles. The van der Waals surface area contributed by atoms with Gasteiger partial charge in [-0.05, 0) is 23.8 Å². The summed E-state index contributed by atoms with van der Waals surface area (Å²) in [7, 11) is 1.84. The Hall–Kier alpha value is -3.22. The van der Waals surface area contributed by atoms with E-state index in [1.165, 1.54) is 0 Å². The van der Waals surface area contributed by atoms with E-state index < -0.39 is 0 Å². The molecular formula is C17H15N5O. The minimum atomic E-state index is 0.0543. The van der Waals surface area contributed by atoms with Crippen molar-refractivity contribution < 1.29 is 5.11 Å². The lowest BCUT2D eigenvalue weighted by molar-refractivity contribution is 0.304. The SMILES string of the molecule is [C-]#[N+]/C(=C\c1ncc(N(C)CCO)cn1)c1ccc(C#N)cc1. The maximum Gasteiger partial charge on any atom is 0.198 e. The molecule has 1 N–H and O–H groups in total. The van der Waals surface area contributed by atoms with E-state index >= 15 is 0 Å². The molecule has 2 aromatic rings. The highest BCUT2D eigenvalue weighted by Gasteiger charge is 2.05. The second-order valence-corrected chi connectivity index (χ2v) is 4.78. The van der Waals surface area contributed by atoms with Gasteiger partial charge in [-0.3, -0.25) is 0 Å². The van der Waals surface area contributed by atoms with E-state index in [9.17, 15) is 0 Å². The van der Waals surface area contributed by atoms with Crippen LogP contribution < -0.4 is 4.90 Å². The number of aliphatic hydroxyl groups excluding tert-OH is 1. The van der Waals surface area contributed by atoms with Gasteiger partial charge in [0.05, 0.1) is 42.9 Å². The second kappa shape index (κ2) is 7.69. The first kappa shape index (κ1) is 16.2. The molecule has 0 radical (unpaired) electrons. The highest BCUT2D eigenvalue weighted by Crippen LogP contribution is 2.19. The van der Waals surface area contributed by atoms with Crippen molar-refractivity contribution in [2.75, 3.05) is 25.1 Å². The van der Waals surface area contributed by atoms with Crippen molar-refractivity contribution in [3.05, 3.63) is 65.0 Å². The molecule has 0 spiro atoms. The number of hydrogen-bond acceptors (Lipinski definition) is 5. The Morgan fingerprint density at radius 3 is 2.52 bits per heavy atom. The molecule has 0 unspecified atom stereocenters. The summed E-state index contributed by atoms with van der Waals surface area (Å²) in [4.78, 5) is 13.8. The van der Waals surface area contributed by atoms with Crippen LogP contribution in [0.25, 0.3) is 16.6 Å². The van der Waals surface area contributed by atoms with Crippen molar-refractivity contribution >= 4 is 17.5 Å². The first-order chi connectivity index (χ1) is 11.2. The largest absolute Gasteiger partial charge is 0.395 e. The number of nitriles is 1. The van der Waals surface area contributed by atoms with Crippen molar-refractivity contribution in [3.8, 4) is 6.07 Å². The third-order valence-corrected chi connectivity index (χ3v) is 3.23. The molecule has 0 aliphatic carbocycles. The average molecular weight is 305 g/mol. The van der Waals surface area contributed by atoms with Crippen molar-refractivity contribution in [1.82, 2.24) is 9.97 Å². The predicted molar refractivity (Wildman–Crippen MR) is 88.0 cm³/mol. The van der Waals surface area contributed by atoms with E-state index in [1.54, 1.807) is 42.7 Å². The van der Waals surface area contributed by atoms with E-state index in [0.717, 1.165) is 5.69 Å². The molecule has 1 aromatic carbocycles. The molecule has 0 saturated carbocycles. The number of aromatic nitrogens is 2. The molecule has 1 heterocycles. The molecule has 0 atom stereocenters. The van der Waals surface area contributed by atoms with Crippen LogP contribution in [0, 0.1) is 17.9 Å². The third kappa shape index (κ3) is 4.13. The zero-order valence-electron chi connectivity index (χ0n) is 12.6. The quantitative estimate of drug-likeness (QED) is 0.857. The summed E-state index contributed by atoms with van der Waals surface area (Å²) < 4.78 is 0. The Bertz CT molecular complexity index is 767. The zero-order valence-corrected chi connectivity index (χ0v) is 12.6. The molecule has 0 amide bonds. The molecule has 0 bridgehead atoms. The lowest BCUT2D eigenvalue weighted by Crippen LogP contribution is -2.21. The number of nitrogens with zero attached hydrogens (tertiary/aromatic N) is 5. The highest BCUT2D eigenvalue weighted by molar-refractivity contribution is 5.83. The Morgan fingerprint density at radius 1 is 1.35 bits per heavy atom. The van der Waals surface area contributed by atoms with Crippen LogP contribution in [0.15, 0.2) is 36.7 Å². The molecule has 114 valence electrons. The molecule has 0 fully saturated rings. The summed E-state index contributed by atoms with van der Waals surface area (Å²) in [6.45, 7) is 7.86. The van der Waals surface area contributed by atoms with Gasteiger partial charge in [0.2, 0.25) is 0 Å². The zero-order chi connectivity index (χ0) is 16.7. The lowest BCUT2D eigenvalue weighted by Gasteiger charge is -2.16. The van der Waals surface area contributed by atoms with Crippen LogP contribution in [0.4, 0.5) is 5.69 Å². The molecule has 6 nitrogen and oxygen atoms in total. The van der Waals surface area contributed by atoms with Gasteiger partial charge >= 0.3 is 0 Å². The summed E-state index contributed by atoms with van der Waals surface area (Å²) in [5.41, 5.74) is 2.46. The average Bonchev–Trinajstić information content (AvgIpc) is 2.60. The molecular weight excluding hydrogens is 290 g/mol. The minimum absolute atomic E-state index is 0.0543. The van der Waals surface area contributed by atoms with Gasteiger partial charge in [0, 0.05) is 13.6 Å². The number of hydrogen-bond donors (Lipinski definition) is 1. The van der Waals surface area contributed by atoms with Crippen molar-refractivity contribution in [2.24, 2.45) is 0 Å². The molecule has 0 aliphatic rings. The van der Waals surface area contributed by atoms with Crippen LogP contribution in [0.3, 0.4) is 0 Å². The lowest BCUT2D eigenvalue weighted by atomic mass is 10.1. The normalized spacial score (nSPS) is 10.7. The van der Waals surface area contributed by atoms with E-state index in [4.69, 9.17) is 16.9 Å². The summed E-state index contributed by atoms with van der Waals surface area (Å²) in [6.07, 6.45) is 4.90. The van der Waals surface area contributed by atoms with E-state index in [-0.39, 0.29) is 6.61 Å². The number of aliphatic hydroxyl groups is 1. The topological polar surface area (TPSA) is 77.4 Å². The van der Waals surface area contributed by atoms with Gasteiger partial charge in [-0.25, -0.2) is 14.8 Å². The highest BCUT2D eigenvalue weighted by atomic mass is 16.3. The van der Waals surface area contributed by atoms with Gasteiger partial charge < -0.3 is 10.0 Å². The smallest absolute Gasteiger partial charge is 0.198 e. The van der Waals surface area contributed by atoms with Crippen LogP contribution in [-0.2, 0) is 0 Å². The van der Waals surface area contributed by atoms with Crippen LogP contribution in [0.1, 0.15) is 17.0 Å². The number of rotatable bonds is 5. The molecule has 2 rings (SSSR count). The van der Waals surface area contributed by atoms with Gasteiger partial charge in [0.25, 0.3) is 0 Å². The maximum atomic E-state index is 8.92. The Balaban J connectivity index is 2.24. The molecule has 0 aliphatic heterocycles. The molecule has 23 heavy (non-hydrogen) atoms. The van der Waals surface area contributed by atoms with Gasteiger partial charge in [0.1, 0.15) is 5.82 Å². The fourth-order valence-corrected chi connectivity index (χ4v) is 1.90. The number of anilines is 1. The van der Waals surface area contributed by atoms with Gasteiger partial charge in [-0.2, -0.15) is 5.26 Å². The van der Waals surface area contributed by atoms with Crippen molar-refractivity contribution in [2.45, 2.75) is 0 Å². The van der Waals surface area contributed by atoms with Crippen molar-refractivity contribution in [3.63, 3.8) is 0 Å². The van der Waals surface area contributed by atoms with Crippen molar-refractivity contribution in [1.29, 1.82) is 5.26 Å². The predicted octanol–water partition coefficient (Wildman–Crippen LogP) is 2.19. The Kier molecular flexibility index (Phi) is 5.40. The fourth-order valence-electron chi connectivity index (χ4n) is 1.90. The Morgan fingerprint density at radius 2 is 2.00 bits per heavy atom. The van der Waals surface area contributed by atoms with Crippen LogP contribution in [-0.4, -0.2) is 35.3 Å². The number of likely N-dealkylation sites (N-methyl/N-ethyl adjacent to an activating group) is 1. The standard InChI is InChI=1S/C17H15N5O/c1-19-16(14-5-3-13(10-18)4-6-14)9-17-20-11-15(12-21-17)22(2)7-8-23/h3-6,9,11-12,23H,7-8H2,2H3/b16-9-. The van der Waals surface area contributed by atoms with E-state index in [2.05, 4.69) is 14.8 Å².